The minimum absolute atomic E-state index is 0.0861. The lowest BCUT2D eigenvalue weighted by molar-refractivity contribution is -0.143. The fraction of sp³-hybridized carbons (Fsp3) is 0.467. The van der Waals surface area contributed by atoms with Crippen LogP contribution in [0.4, 0.5) is 0 Å². The number of hydrogen-bond acceptors (Lipinski definition) is 4. The van der Waals surface area contributed by atoms with Crippen LogP contribution in [0.5, 0.6) is 5.75 Å². The molecule has 106 valence electrons. The first kappa shape index (κ1) is 13.0. The van der Waals surface area contributed by atoms with E-state index in [1.807, 2.05) is 12.1 Å². The van der Waals surface area contributed by atoms with E-state index in [0.29, 0.717) is 25.2 Å². The van der Waals surface area contributed by atoms with Gasteiger partial charge in [-0.05, 0) is 37.0 Å². The van der Waals surface area contributed by atoms with Gasteiger partial charge >= 0.3 is 5.97 Å². The molecule has 0 radical (unpaired) electrons. The smallest absolute Gasteiger partial charge is 0.306 e. The summed E-state index contributed by atoms with van der Waals surface area (Å²) in [6.07, 6.45) is 2.50. The summed E-state index contributed by atoms with van der Waals surface area (Å²) in [7, 11) is 0. The second-order valence-electron chi connectivity index (χ2n) is 5.44. The van der Waals surface area contributed by atoms with Crippen LogP contribution in [0.15, 0.2) is 29.3 Å². The van der Waals surface area contributed by atoms with E-state index in [-0.39, 0.29) is 23.8 Å². The Hall–Kier alpha value is -2.04. The molecule has 0 aromatic heterocycles. The van der Waals surface area contributed by atoms with Gasteiger partial charge in [-0.3, -0.25) is 4.79 Å². The zero-order valence-electron chi connectivity index (χ0n) is 11.0. The van der Waals surface area contributed by atoms with Crippen molar-refractivity contribution < 1.29 is 19.7 Å². The molecule has 1 heterocycles. The number of carboxylic acids is 1. The third kappa shape index (κ3) is 2.61. The maximum absolute atomic E-state index is 11.0. The highest BCUT2D eigenvalue weighted by molar-refractivity contribution is 5.81. The van der Waals surface area contributed by atoms with Gasteiger partial charge in [0.2, 0.25) is 0 Å². The number of hydrogen-bond donors (Lipinski definition) is 2. The largest absolute Gasteiger partial charge is 0.508 e. The first-order chi connectivity index (χ1) is 9.61. The Morgan fingerprint density at radius 2 is 2.05 bits per heavy atom. The quantitative estimate of drug-likeness (QED) is 0.884. The van der Waals surface area contributed by atoms with E-state index in [2.05, 4.69) is 4.99 Å². The van der Waals surface area contributed by atoms with Crippen molar-refractivity contribution >= 4 is 11.9 Å². The highest BCUT2D eigenvalue weighted by atomic mass is 16.5. The van der Waals surface area contributed by atoms with Crippen LogP contribution in [0.25, 0.3) is 0 Å². The highest BCUT2D eigenvalue weighted by Crippen LogP contribution is 2.33. The molecule has 5 heteroatoms. The summed E-state index contributed by atoms with van der Waals surface area (Å²) in [6, 6.07) is 7.06. The van der Waals surface area contributed by atoms with Crippen LogP contribution in [-0.4, -0.2) is 34.2 Å². The first-order valence-corrected chi connectivity index (χ1v) is 6.86. The predicted octanol–water partition coefficient (Wildman–Crippen LogP) is 1.99. The number of carbonyl (C=O) groups is 1. The minimum Gasteiger partial charge on any atom is -0.508 e. The van der Waals surface area contributed by atoms with Crippen LogP contribution in [0.3, 0.4) is 0 Å². The van der Waals surface area contributed by atoms with Crippen molar-refractivity contribution in [3.05, 3.63) is 29.8 Å². The van der Waals surface area contributed by atoms with E-state index in [9.17, 15) is 9.90 Å². The monoisotopic (exact) mass is 275 g/mol. The summed E-state index contributed by atoms with van der Waals surface area (Å²) in [5, 5.41) is 18.3. The van der Waals surface area contributed by atoms with Crippen LogP contribution < -0.4 is 0 Å². The topological polar surface area (TPSA) is 79.1 Å². The van der Waals surface area contributed by atoms with Gasteiger partial charge in [0, 0.05) is 6.42 Å². The van der Waals surface area contributed by atoms with Gasteiger partial charge in [-0.15, -0.1) is 0 Å². The molecule has 2 N–H and O–H groups in total. The lowest BCUT2D eigenvalue weighted by Crippen LogP contribution is -2.34. The Balaban J connectivity index is 1.63. The van der Waals surface area contributed by atoms with Crippen LogP contribution in [0.1, 0.15) is 24.8 Å². The zero-order chi connectivity index (χ0) is 14.1. The molecule has 1 aliphatic carbocycles. The van der Waals surface area contributed by atoms with E-state index in [1.54, 1.807) is 12.1 Å². The summed E-state index contributed by atoms with van der Waals surface area (Å²) < 4.78 is 5.80. The summed E-state index contributed by atoms with van der Waals surface area (Å²) in [6.45, 7) is 0. The van der Waals surface area contributed by atoms with Crippen molar-refractivity contribution in [1.82, 2.24) is 0 Å². The number of aromatic hydroxyl groups is 1. The van der Waals surface area contributed by atoms with Crippen LogP contribution >= 0.6 is 0 Å². The number of ether oxygens (including phenoxy) is 1. The second kappa shape index (κ2) is 5.15. The first-order valence-electron chi connectivity index (χ1n) is 6.86. The molecule has 3 unspecified atom stereocenters. The van der Waals surface area contributed by atoms with Gasteiger partial charge in [-0.1, -0.05) is 12.1 Å². The Morgan fingerprint density at radius 1 is 1.30 bits per heavy atom. The Morgan fingerprint density at radius 3 is 2.75 bits per heavy atom. The van der Waals surface area contributed by atoms with E-state index in [4.69, 9.17) is 9.84 Å². The van der Waals surface area contributed by atoms with E-state index < -0.39 is 5.97 Å². The van der Waals surface area contributed by atoms with E-state index in [1.165, 1.54) is 0 Å². The third-order valence-electron chi connectivity index (χ3n) is 4.00. The molecule has 0 amide bonds. The average Bonchev–Trinajstić information content (AvgIpc) is 2.82. The fourth-order valence-electron chi connectivity index (χ4n) is 2.88. The number of aliphatic carboxylic acids is 1. The molecule has 0 spiro atoms. The number of benzene rings is 1. The van der Waals surface area contributed by atoms with Gasteiger partial charge in [0.15, 0.2) is 5.90 Å². The van der Waals surface area contributed by atoms with Crippen molar-refractivity contribution in [2.24, 2.45) is 10.9 Å². The number of carboxylic acid groups (broad SMARTS) is 1. The molecular weight excluding hydrogens is 258 g/mol. The van der Waals surface area contributed by atoms with Gasteiger partial charge in [0.1, 0.15) is 11.9 Å². The molecule has 2 aliphatic rings. The zero-order valence-corrected chi connectivity index (χ0v) is 11.0. The molecule has 1 fully saturated rings. The summed E-state index contributed by atoms with van der Waals surface area (Å²) >= 11 is 0. The minimum atomic E-state index is -0.737. The van der Waals surface area contributed by atoms with Crippen molar-refractivity contribution in [2.45, 2.75) is 37.8 Å². The third-order valence-corrected chi connectivity index (χ3v) is 4.00. The average molecular weight is 275 g/mol. The van der Waals surface area contributed by atoms with Gasteiger partial charge in [0.05, 0.1) is 12.0 Å². The molecule has 3 atom stereocenters. The van der Waals surface area contributed by atoms with Gasteiger partial charge < -0.3 is 14.9 Å². The molecule has 0 saturated heterocycles. The predicted molar refractivity (Wildman–Crippen MR) is 72.9 cm³/mol. The molecule has 1 aromatic carbocycles. The maximum atomic E-state index is 11.0. The van der Waals surface area contributed by atoms with Crippen molar-refractivity contribution in [3.63, 3.8) is 0 Å². The molecule has 3 rings (SSSR count). The van der Waals surface area contributed by atoms with Gasteiger partial charge in [-0.2, -0.15) is 0 Å². The standard InChI is InChI=1S/C15H17NO4/c17-11-4-1-9(2-5-11)7-14-16-12-6-3-10(15(18)19)8-13(12)20-14/h1-2,4-5,10,12-13,17H,3,6-8H2,(H,18,19). The van der Waals surface area contributed by atoms with Crippen LogP contribution in [0, 0.1) is 5.92 Å². The lowest BCUT2D eigenvalue weighted by atomic mass is 9.84. The summed E-state index contributed by atoms with van der Waals surface area (Å²) in [5.41, 5.74) is 1.02. The lowest BCUT2D eigenvalue weighted by Gasteiger charge is -2.26. The molecule has 5 nitrogen and oxygen atoms in total. The van der Waals surface area contributed by atoms with Gasteiger partial charge in [0.25, 0.3) is 0 Å². The number of phenols is 1. The maximum Gasteiger partial charge on any atom is 0.306 e. The fourth-order valence-corrected chi connectivity index (χ4v) is 2.88. The summed E-state index contributed by atoms with van der Waals surface area (Å²) in [4.78, 5) is 15.6. The van der Waals surface area contributed by atoms with Crippen LogP contribution in [0.2, 0.25) is 0 Å². The highest BCUT2D eigenvalue weighted by Gasteiger charge is 2.39. The number of fused-ring (bicyclic) bond motifs is 1. The number of rotatable bonds is 3. The van der Waals surface area contributed by atoms with E-state index >= 15 is 0 Å². The van der Waals surface area contributed by atoms with Crippen LogP contribution in [-0.2, 0) is 16.0 Å². The normalized spacial score (nSPS) is 28.4. The van der Waals surface area contributed by atoms with Gasteiger partial charge in [-0.25, -0.2) is 4.99 Å². The number of phenolic OH excluding ortho intramolecular Hbond substituents is 1. The molecule has 1 aromatic rings. The number of nitrogens with zero attached hydrogens (tertiary/aromatic N) is 1. The Labute approximate surface area is 116 Å². The molecular formula is C15H17NO4. The SMILES string of the molecule is O=C(O)C1CCC2N=C(Cc3ccc(O)cc3)OC2C1. The second-order valence-corrected chi connectivity index (χ2v) is 5.44. The van der Waals surface area contributed by atoms with Crippen molar-refractivity contribution in [1.29, 1.82) is 0 Å². The Bertz CT molecular complexity index is 537. The molecule has 0 bridgehead atoms. The molecule has 20 heavy (non-hydrogen) atoms. The Kier molecular flexibility index (Phi) is 3.34. The van der Waals surface area contributed by atoms with E-state index in [0.717, 1.165) is 12.0 Å². The van der Waals surface area contributed by atoms with Crippen molar-refractivity contribution in [2.75, 3.05) is 0 Å². The van der Waals surface area contributed by atoms with Crippen molar-refractivity contribution in [3.8, 4) is 5.75 Å². The molecule has 1 aliphatic heterocycles. The molecule has 1 saturated carbocycles. The number of aliphatic imine (C=N–C) groups is 1. The summed E-state index contributed by atoms with van der Waals surface area (Å²) in [5.74, 6) is -0.128.